The first kappa shape index (κ1) is 15.7. The molecule has 0 saturated carbocycles. The number of piperidine rings is 1. The number of rotatable bonds is 1. The van der Waals surface area contributed by atoms with Crippen molar-refractivity contribution in [2.45, 2.75) is 51.2 Å². The van der Waals surface area contributed by atoms with Crippen molar-refractivity contribution in [3.8, 4) is 0 Å². The second-order valence-corrected chi connectivity index (χ2v) is 5.50. The number of hydrogen-bond acceptors (Lipinski definition) is 3. The van der Waals surface area contributed by atoms with E-state index in [0.29, 0.717) is 0 Å². The molecule has 0 aromatic heterocycles. The van der Waals surface area contributed by atoms with Crippen molar-refractivity contribution in [3.05, 3.63) is 0 Å². The first-order valence-corrected chi connectivity index (χ1v) is 6.78. The van der Waals surface area contributed by atoms with E-state index in [-0.39, 0.29) is 30.0 Å². The van der Waals surface area contributed by atoms with E-state index in [2.05, 4.69) is 5.32 Å². The van der Waals surface area contributed by atoms with Gasteiger partial charge in [0.25, 0.3) is 0 Å². The topological polar surface area (TPSA) is 41.6 Å². The summed E-state index contributed by atoms with van der Waals surface area (Å²) in [5, 5.41) is 3.40. The van der Waals surface area contributed by atoms with Gasteiger partial charge >= 0.3 is 0 Å². The van der Waals surface area contributed by atoms with Gasteiger partial charge in [-0.1, -0.05) is 0 Å². The standard InChI is InChI=1S/C13H24N2O2.ClH/c1-11-10-15(8-5-9-17-11)12(16)13(2)6-3-4-7-14-13;/h11,14H,3-10H2,1-2H3;1H. The van der Waals surface area contributed by atoms with Gasteiger partial charge in [-0.05, 0) is 46.1 Å². The smallest absolute Gasteiger partial charge is 0.242 e. The van der Waals surface area contributed by atoms with E-state index < -0.39 is 0 Å². The monoisotopic (exact) mass is 276 g/mol. The van der Waals surface area contributed by atoms with Crippen LogP contribution in [-0.4, -0.2) is 48.7 Å². The molecule has 2 unspecified atom stereocenters. The van der Waals surface area contributed by atoms with Gasteiger partial charge in [-0.2, -0.15) is 0 Å². The summed E-state index contributed by atoms with van der Waals surface area (Å²) in [5.74, 6) is 0.259. The van der Waals surface area contributed by atoms with Crippen molar-refractivity contribution in [3.63, 3.8) is 0 Å². The number of ether oxygens (including phenoxy) is 1. The number of halogens is 1. The minimum Gasteiger partial charge on any atom is -0.377 e. The van der Waals surface area contributed by atoms with Crippen molar-refractivity contribution in [2.75, 3.05) is 26.2 Å². The minimum atomic E-state index is -0.345. The normalized spacial score (nSPS) is 33.4. The third-order valence-electron chi connectivity index (χ3n) is 3.83. The van der Waals surface area contributed by atoms with Crippen molar-refractivity contribution in [1.82, 2.24) is 10.2 Å². The Kier molecular flexibility index (Phi) is 5.89. The summed E-state index contributed by atoms with van der Waals surface area (Å²) in [6, 6.07) is 0. The Morgan fingerprint density at radius 3 is 2.83 bits per heavy atom. The van der Waals surface area contributed by atoms with Gasteiger partial charge in [-0.25, -0.2) is 0 Å². The van der Waals surface area contributed by atoms with Crippen LogP contribution in [0.4, 0.5) is 0 Å². The second-order valence-electron chi connectivity index (χ2n) is 5.50. The van der Waals surface area contributed by atoms with Crippen LogP contribution in [0.1, 0.15) is 39.5 Å². The highest BCUT2D eigenvalue weighted by molar-refractivity contribution is 5.86. The maximum atomic E-state index is 12.6. The van der Waals surface area contributed by atoms with Gasteiger partial charge in [0.2, 0.25) is 5.91 Å². The van der Waals surface area contributed by atoms with Crippen LogP contribution in [0.5, 0.6) is 0 Å². The fraction of sp³-hybridized carbons (Fsp3) is 0.923. The molecule has 2 atom stereocenters. The lowest BCUT2D eigenvalue weighted by atomic mass is 9.89. The number of amides is 1. The second kappa shape index (κ2) is 6.73. The lowest BCUT2D eigenvalue weighted by Gasteiger charge is -2.38. The van der Waals surface area contributed by atoms with Crippen LogP contribution in [0.3, 0.4) is 0 Å². The molecule has 2 rings (SSSR count). The van der Waals surface area contributed by atoms with E-state index in [1.54, 1.807) is 0 Å². The summed E-state index contributed by atoms with van der Waals surface area (Å²) in [7, 11) is 0. The molecular formula is C13H25ClN2O2. The summed E-state index contributed by atoms with van der Waals surface area (Å²) < 4.78 is 5.59. The third-order valence-corrected chi connectivity index (χ3v) is 3.83. The fourth-order valence-corrected chi connectivity index (χ4v) is 2.77. The van der Waals surface area contributed by atoms with E-state index in [1.807, 2.05) is 18.7 Å². The number of nitrogens with one attached hydrogen (secondary N) is 1. The van der Waals surface area contributed by atoms with E-state index in [0.717, 1.165) is 45.5 Å². The molecule has 2 aliphatic rings. The van der Waals surface area contributed by atoms with Crippen LogP contribution in [0.25, 0.3) is 0 Å². The molecule has 0 radical (unpaired) electrons. The Hall–Kier alpha value is -0.320. The molecule has 2 fully saturated rings. The van der Waals surface area contributed by atoms with Crippen LogP contribution in [0, 0.1) is 0 Å². The quantitative estimate of drug-likeness (QED) is 0.791. The van der Waals surface area contributed by atoms with Gasteiger partial charge < -0.3 is 15.0 Å². The molecule has 0 aromatic rings. The Bertz CT molecular complexity index is 280. The van der Waals surface area contributed by atoms with E-state index >= 15 is 0 Å². The van der Waals surface area contributed by atoms with Crippen molar-refractivity contribution in [1.29, 1.82) is 0 Å². The van der Waals surface area contributed by atoms with Crippen LogP contribution in [0.15, 0.2) is 0 Å². The zero-order valence-corrected chi connectivity index (χ0v) is 12.2. The Morgan fingerprint density at radius 2 is 2.17 bits per heavy atom. The Balaban J connectivity index is 0.00000162. The molecule has 18 heavy (non-hydrogen) atoms. The predicted octanol–water partition coefficient (Wildman–Crippen LogP) is 1.58. The zero-order valence-electron chi connectivity index (χ0n) is 11.4. The van der Waals surface area contributed by atoms with Gasteiger partial charge in [-0.15, -0.1) is 12.4 Å². The van der Waals surface area contributed by atoms with Crippen LogP contribution in [-0.2, 0) is 9.53 Å². The summed E-state index contributed by atoms with van der Waals surface area (Å²) in [4.78, 5) is 14.6. The molecule has 4 nitrogen and oxygen atoms in total. The van der Waals surface area contributed by atoms with E-state index in [9.17, 15) is 4.79 Å². The molecule has 1 amide bonds. The first-order chi connectivity index (χ1) is 8.12. The van der Waals surface area contributed by atoms with Crippen LogP contribution in [0.2, 0.25) is 0 Å². The van der Waals surface area contributed by atoms with Crippen molar-refractivity contribution in [2.24, 2.45) is 0 Å². The molecule has 2 heterocycles. The maximum absolute atomic E-state index is 12.6. The first-order valence-electron chi connectivity index (χ1n) is 6.78. The highest BCUT2D eigenvalue weighted by Gasteiger charge is 2.38. The predicted molar refractivity (Wildman–Crippen MR) is 74.1 cm³/mol. The lowest BCUT2D eigenvalue weighted by Crippen LogP contribution is -2.58. The molecule has 5 heteroatoms. The molecule has 0 aromatic carbocycles. The molecular weight excluding hydrogens is 252 g/mol. The minimum absolute atomic E-state index is 0. The van der Waals surface area contributed by atoms with Crippen LogP contribution >= 0.6 is 12.4 Å². The fourth-order valence-electron chi connectivity index (χ4n) is 2.77. The molecule has 0 spiro atoms. The number of carbonyl (C=O) groups excluding carboxylic acids is 1. The van der Waals surface area contributed by atoms with Gasteiger partial charge in [0.15, 0.2) is 0 Å². The van der Waals surface area contributed by atoms with E-state index in [4.69, 9.17) is 4.74 Å². The Labute approximate surface area is 116 Å². The van der Waals surface area contributed by atoms with Gasteiger partial charge in [0.05, 0.1) is 11.6 Å². The number of nitrogens with zero attached hydrogens (tertiary/aromatic N) is 1. The molecule has 0 aliphatic carbocycles. The third kappa shape index (κ3) is 3.59. The van der Waals surface area contributed by atoms with Gasteiger partial charge in [-0.3, -0.25) is 4.79 Å². The molecule has 106 valence electrons. The average molecular weight is 277 g/mol. The Morgan fingerprint density at radius 1 is 1.39 bits per heavy atom. The molecule has 0 bridgehead atoms. The largest absolute Gasteiger partial charge is 0.377 e. The van der Waals surface area contributed by atoms with Crippen molar-refractivity contribution >= 4 is 18.3 Å². The number of hydrogen-bond donors (Lipinski definition) is 1. The van der Waals surface area contributed by atoms with Gasteiger partial charge in [0.1, 0.15) is 0 Å². The SMILES string of the molecule is CC1CN(C(=O)C2(C)CCCCN2)CCCO1.Cl. The number of carbonyl (C=O) groups is 1. The molecule has 1 N–H and O–H groups in total. The summed E-state index contributed by atoms with van der Waals surface area (Å²) in [6.45, 7) is 7.39. The average Bonchev–Trinajstić information content (AvgIpc) is 2.54. The van der Waals surface area contributed by atoms with Gasteiger partial charge in [0, 0.05) is 19.7 Å². The molecule has 2 saturated heterocycles. The summed E-state index contributed by atoms with van der Waals surface area (Å²) in [6.07, 6.45) is 4.40. The summed E-state index contributed by atoms with van der Waals surface area (Å²) in [5.41, 5.74) is -0.345. The van der Waals surface area contributed by atoms with Crippen molar-refractivity contribution < 1.29 is 9.53 Å². The zero-order chi connectivity index (χ0) is 12.3. The lowest BCUT2D eigenvalue weighted by molar-refractivity contribution is -0.139. The van der Waals surface area contributed by atoms with Crippen LogP contribution < -0.4 is 5.32 Å². The maximum Gasteiger partial charge on any atom is 0.242 e. The summed E-state index contributed by atoms with van der Waals surface area (Å²) >= 11 is 0. The highest BCUT2D eigenvalue weighted by atomic mass is 35.5. The highest BCUT2D eigenvalue weighted by Crippen LogP contribution is 2.22. The van der Waals surface area contributed by atoms with E-state index in [1.165, 1.54) is 6.42 Å². The molecule has 2 aliphatic heterocycles.